The SMILES string of the molecule is CCNC(=NCC(O)c1ccccc1Cl)NC1CCN(CC(F)(F)F)C1. The van der Waals surface area contributed by atoms with Crippen LogP contribution in [0.5, 0.6) is 0 Å². The Morgan fingerprint density at radius 2 is 2.15 bits per heavy atom. The second-order valence-corrected chi connectivity index (χ2v) is 6.64. The first-order chi connectivity index (χ1) is 12.3. The van der Waals surface area contributed by atoms with Crippen LogP contribution in [0.3, 0.4) is 0 Å². The van der Waals surface area contributed by atoms with Crippen LogP contribution in [-0.2, 0) is 0 Å². The molecule has 3 N–H and O–H groups in total. The molecule has 1 aromatic rings. The Bertz CT molecular complexity index is 612. The van der Waals surface area contributed by atoms with Gasteiger partial charge in [-0.25, -0.2) is 0 Å². The van der Waals surface area contributed by atoms with Crippen LogP contribution < -0.4 is 10.6 Å². The highest BCUT2D eigenvalue weighted by atomic mass is 35.5. The number of aliphatic hydroxyl groups is 1. The minimum Gasteiger partial charge on any atom is -0.386 e. The topological polar surface area (TPSA) is 59.9 Å². The fourth-order valence-electron chi connectivity index (χ4n) is 2.88. The Kier molecular flexibility index (Phi) is 7.55. The van der Waals surface area contributed by atoms with Crippen molar-refractivity contribution in [2.75, 3.05) is 32.7 Å². The van der Waals surface area contributed by atoms with E-state index in [4.69, 9.17) is 11.6 Å². The minimum atomic E-state index is -4.19. The van der Waals surface area contributed by atoms with Gasteiger partial charge >= 0.3 is 6.18 Å². The summed E-state index contributed by atoms with van der Waals surface area (Å²) in [5.74, 6) is 0.470. The average molecular weight is 393 g/mol. The molecule has 0 spiro atoms. The van der Waals surface area contributed by atoms with Gasteiger partial charge in [0.2, 0.25) is 0 Å². The second kappa shape index (κ2) is 9.43. The summed E-state index contributed by atoms with van der Waals surface area (Å²) in [6.45, 7) is 2.39. The van der Waals surface area contributed by atoms with Gasteiger partial charge in [-0.2, -0.15) is 13.2 Å². The van der Waals surface area contributed by atoms with Gasteiger partial charge in [0, 0.05) is 36.3 Å². The van der Waals surface area contributed by atoms with Crippen molar-refractivity contribution in [2.45, 2.75) is 31.7 Å². The molecule has 26 heavy (non-hydrogen) atoms. The highest BCUT2D eigenvalue weighted by molar-refractivity contribution is 6.31. The van der Waals surface area contributed by atoms with E-state index in [1.165, 1.54) is 4.90 Å². The van der Waals surface area contributed by atoms with Crippen molar-refractivity contribution in [2.24, 2.45) is 4.99 Å². The molecule has 146 valence electrons. The fraction of sp³-hybridized carbons (Fsp3) is 0.588. The summed E-state index contributed by atoms with van der Waals surface area (Å²) in [5.41, 5.74) is 0.589. The lowest BCUT2D eigenvalue weighted by Gasteiger charge is -2.20. The van der Waals surface area contributed by atoms with Gasteiger partial charge in [-0.3, -0.25) is 9.89 Å². The lowest BCUT2D eigenvalue weighted by molar-refractivity contribution is -0.143. The first-order valence-electron chi connectivity index (χ1n) is 8.55. The van der Waals surface area contributed by atoms with E-state index in [-0.39, 0.29) is 12.6 Å². The molecule has 5 nitrogen and oxygen atoms in total. The van der Waals surface area contributed by atoms with Crippen LogP contribution in [0.4, 0.5) is 13.2 Å². The average Bonchev–Trinajstić information content (AvgIpc) is 2.98. The smallest absolute Gasteiger partial charge is 0.386 e. The van der Waals surface area contributed by atoms with Gasteiger partial charge in [0.15, 0.2) is 5.96 Å². The van der Waals surface area contributed by atoms with Gasteiger partial charge in [0.1, 0.15) is 6.10 Å². The zero-order valence-corrected chi connectivity index (χ0v) is 15.3. The molecule has 9 heteroatoms. The van der Waals surface area contributed by atoms with E-state index in [9.17, 15) is 18.3 Å². The molecule has 1 aliphatic heterocycles. The molecule has 0 bridgehead atoms. The van der Waals surface area contributed by atoms with Gasteiger partial charge in [0.25, 0.3) is 0 Å². The van der Waals surface area contributed by atoms with Crippen molar-refractivity contribution in [3.63, 3.8) is 0 Å². The highest BCUT2D eigenvalue weighted by Crippen LogP contribution is 2.23. The number of likely N-dealkylation sites (tertiary alicyclic amines) is 1. The number of nitrogens with one attached hydrogen (secondary N) is 2. The van der Waals surface area contributed by atoms with Gasteiger partial charge in [-0.15, -0.1) is 0 Å². The van der Waals surface area contributed by atoms with Gasteiger partial charge in [-0.05, 0) is 19.4 Å². The van der Waals surface area contributed by atoms with Crippen LogP contribution in [-0.4, -0.2) is 60.9 Å². The number of benzene rings is 1. The van der Waals surface area contributed by atoms with Crippen LogP contribution in [0.2, 0.25) is 5.02 Å². The maximum absolute atomic E-state index is 12.5. The van der Waals surface area contributed by atoms with E-state index < -0.39 is 18.8 Å². The van der Waals surface area contributed by atoms with Gasteiger partial charge in [-0.1, -0.05) is 29.8 Å². The Morgan fingerprint density at radius 1 is 1.42 bits per heavy atom. The number of halogens is 4. The number of hydrogen-bond acceptors (Lipinski definition) is 3. The molecule has 0 aromatic heterocycles. The standard InChI is InChI=1S/C17H24ClF3N4O/c1-2-22-16(23-9-15(26)13-5-3-4-6-14(13)18)24-12-7-8-25(10-12)11-17(19,20)21/h3-6,12,15,26H,2,7-11H2,1H3,(H2,22,23,24). The van der Waals surface area contributed by atoms with Crippen LogP contribution in [0, 0.1) is 0 Å². The number of aliphatic hydroxyl groups excluding tert-OH is 1. The number of rotatable bonds is 6. The van der Waals surface area contributed by atoms with E-state index in [1.807, 2.05) is 6.92 Å². The number of alkyl halides is 3. The lowest BCUT2D eigenvalue weighted by atomic mass is 10.1. The Hall–Kier alpha value is -1.51. The van der Waals surface area contributed by atoms with Crippen LogP contribution in [0.15, 0.2) is 29.3 Å². The number of nitrogens with zero attached hydrogens (tertiary/aromatic N) is 2. The van der Waals surface area contributed by atoms with Crippen LogP contribution in [0.25, 0.3) is 0 Å². The molecule has 0 radical (unpaired) electrons. The maximum Gasteiger partial charge on any atom is 0.401 e. The van der Waals surface area contributed by atoms with Crippen LogP contribution in [0.1, 0.15) is 25.0 Å². The first-order valence-corrected chi connectivity index (χ1v) is 8.92. The number of guanidine groups is 1. The quantitative estimate of drug-likeness (QED) is 0.514. The summed E-state index contributed by atoms with van der Waals surface area (Å²) in [5, 5.41) is 16.9. The summed E-state index contributed by atoms with van der Waals surface area (Å²) in [7, 11) is 0. The number of aliphatic imine (C=N–C) groups is 1. The third-order valence-electron chi connectivity index (χ3n) is 4.05. The van der Waals surface area contributed by atoms with Crippen molar-refractivity contribution in [1.82, 2.24) is 15.5 Å². The Morgan fingerprint density at radius 3 is 2.81 bits per heavy atom. The summed E-state index contributed by atoms with van der Waals surface area (Å²) >= 11 is 6.06. The Labute approximate surface area is 156 Å². The van der Waals surface area contributed by atoms with E-state index in [0.29, 0.717) is 42.6 Å². The molecule has 1 heterocycles. The molecule has 2 unspecified atom stereocenters. The van der Waals surface area contributed by atoms with E-state index >= 15 is 0 Å². The molecule has 0 aliphatic carbocycles. The van der Waals surface area contributed by atoms with Crippen molar-refractivity contribution in [3.8, 4) is 0 Å². The van der Waals surface area contributed by atoms with Gasteiger partial charge < -0.3 is 15.7 Å². The zero-order chi connectivity index (χ0) is 19.2. The van der Waals surface area contributed by atoms with E-state index in [0.717, 1.165) is 0 Å². The zero-order valence-electron chi connectivity index (χ0n) is 14.6. The molecular weight excluding hydrogens is 369 g/mol. The molecule has 1 fully saturated rings. The molecule has 0 amide bonds. The van der Waals surface area contributed by atoms with Gasteiger partial charge in [0.05, 0.1) is 13.1 Å². The fourth-order valence-corrected chi connectivity index (χ4v) is 3.14. The van der Waals surface area contributed by atoms with E-state index in [1.54, 1.807) is 24.3 Å². The molecule has 2 atom stereocenters. The lowest BCUT2D eigenvalue weighted by Crippen LogP contribution is -2.45. The Balaban J connectivity index is 1.92. The normalized spacial score (nSPS) is 20.2. The van der Waals surface area contributed by atoms with Crippen molar-refractivity contribution in [1.29, 1.82) is 0 Å². The largest absolute Gasteiger partial charge is 0.401 e. The third-order valence-corrected chi connectivity index (χ3v) is 4.39. The van der Waals surface area contributed by atoms with Crippen molar-refractivity contribution in [3.05, 3.63) is 34.9 Å². The summed E-state index contributed by atoms with van der Waals surface area (Å²) in [4.78, 5) is 5.71. The predicted octanol–water partition coefficient (Wildman–Crippen LogP) is 2.57. The molecule has 1 aromatic carbocycles. The molecule has 1 saturated heterocycles. The molecule has 1 aliphatic rings. The van der Waals surface area contributed by atoms with E-state index in [2.05, 4.69) is 15.6 Å². The third kappa shape index (κ3) is 6.66. The number of hydrogen-bond donors (Lipinski definition) is 3. The summed E-state index contributed by atoms with van der Waals surface area (Å²) in [6.07, 6.45) is -4.44. The molecule has 0 saturated carbocycles. The maximum atomic E-state index is 12.5. The summed E-state index contributed by atoms with van der Waals surface area (Å²) < 4.78 is 37.5. The van der Waals surface area contributed by atoms with Crippen molar-refractivity contribution < 1.29 is 18.3 Å². The summed E-state index contributed by atoms with van der Waals surface area (Å²) in [6, 6.07) is 6.87. The van der Waals surface area contributed by atoms with Crippen LogP contribution >= 0.6 is 11.6 Å². The monoisotopic (exact) mass is 392 g/mol. The second-order valence-electron chi connectivity index (χ2n) is 6.24. The predicted molar refractivity (Wildman–Crippen MR) is 96.4 cm³/mol. The molecule has 2 rings (SSSR count). The highest BCUT2D eigenvalue weighted by Gasteiger charge is 2.34. The minimum absolute atomic E-state index is 0.0953. The van der Waals surface area contributed by atoms with Crippen molar-refractivity contribution >= 4 is 17.6 Å². The first kappa shape index (κ1) is 20.8. The molecular formula is C17H24ClF3N4O.